The van der Waals surface area contributed by atoms with Crippen LogP contribution in [0.4, 0.5) is 14.5 Å². The van der Waals surface area contributed by atoms with E-state index in [0.29, 0.717) is 16.8 Å². The largest absolute Gasteiger partial charge is 0.399 e. The van der Waals surface area contributed by atoms with Crippen LogP contribution < -0.4 is 5.73 Å². The Morgan fingerprint density at radius 1 is 1.40 bits per heavy atom. The lowest BCUT2D eigenvalue weighted by Gasteiger charge is -2.19. The Kier molecular flexibility index (Phi) is 2.02. The standard InChI is InChI=1S/C13H12F2N4O/c14-13(15)9-5-18(6-10(9)13)12(20)8-4-17-19-2-1-7(16)3-11(8)19/h1-4,9-10H,5-6,16H2. The highest BCUT2D eigenvalue weighted by molar-refractivity contribution is 6.01. The second-order valence-corrected chi connectivity index (χ2v) is 5.45. The van der Waals surface area contributed by atoms with Gasteiger partial charge in [0.2, 0.25) is 0 Å². The molecule has 1 aliphatic carbocycles. The van der Waals surface area contributed by atoms with Crippen molar-refractivity contribution in [2.24, 2.45) is 11.8 Å². The predicted molar refractivity (Wildman–Crippen MR) is 67.4 cm³/mol. The molecule has 0 bridgehead atoms. The van der Waals surface area contributed by atoms with Crippen LogP contribution in [0.2, 0.25) is 0 Å². The Bertz CT molecular complexity index is 712. The maximum absolute atomic E-state index is 13.2. The van der Waals surface area contributed by atoms with Crippen LogP contribution >= 0.6 is 0 Å². The molecule has 104 valence electrons. The third-order valence-corrected chi connectivity index (χ3v) is 4.26. The molecule has 5 nitrogen and oxygen atoms in total. The van der Waals surface area contributed by atoms with Gasteiger partial charge in [0.05, 0.1) is 29.1 Å². The first-order valence-electron chi connectivity index (χ1n) is 6.38. The van der Waals surface area contributed by atoms with Gasteiger partial charge in [0.1, 0.15) is 0 Å². The molecule has 4 rings (SSSR count). The van der Waals surface area contributed by atoms with Crippen LogP contribution in [0.3, 0.4) is 0 Å². The molecule has 2 fully saturated rings. The number of halogens is 2. The van der Waals surface area contributed by atoms with Gasteiger partial charge in [0.15, 0.2) is 0 Å². The Balaban J connectivity index is 1.64. The van der Waals surface area contributed by atoms with E-state index in [2.05, 4.69) is 5.10 Å². The molecule has 0 spiro atoms. The molecule has 20 heavy (non-hydrogen) atoms. The highest BCUT2D eigenvalue weighted by Gasteiger charge is 2.72. The zero-order valence-corrected chi connectivity index (χ0v) is 10.5. The van der Waals surface area contributed by atoms with Gasteiger partial charge in [-0.1, -0.05) is 0 Å². The molecule has 0 radical (unpaired) electrons. The van der Waals surface area contributed by atoms with Crippen LogP contribution in [0.5, 0.6) is 0 Å². The smallest absolute Gasteiger partial charge is 0.258 e. The van der Waals surface area contributed by atoms with E-state index in [-0.39, 0.29) is 19.0 Å². The van der Waals surface area contributed by atoms with Crippen molar-refractivity contribution in [2.45, 2.75) is 5.92 Å². The summed E-state index contributed by atoms with van der Waals surface area (Å²) in [5, 5.41) is 4.08. The molecular formula is C13H12F2N4O. The van der Waals surface area contributed by atoms with Crippen molar-refractivity contribution < 1.29 is 13.6 Å². The number of nitrogens with two attached hydrogens (primary N) is 1. The lowest BCUT2D eigenvalue weighted by atomic mass is 10.2. The summed E-state index contributed by atoms with van der Waals surface area (Å²) in [5.41, 5.74) is 7.24. The molecule has 1 saturated heterocycles. The van der Waals surface area contributed by atoms with Gasteiger partial charge in [-0.3, -0.25) is 4.79 Å². The highest BCUT2D eigenvalue weighted by atomic mass is 19.3. The van der Waals surface area contributed by atoms with Crippen LogP contribution in [-0.2, 0) is 0 Å². The van der Waals surface area contributed by atoms with E-state index in [1.807, 2.05) is 0 Å². The molecule has 1 saturated carbocycles. The molecule has 2 aromatic rings. The number of rotatable bonds is 1. The van der Waals surface area contributed by atoms with Crippen LogP contribution in [0.15, 0.2) is 24.5 Å². The van der Waals surface area contributed by atoms with Gasteiger partial charge in [0.25, 0.3) is 11.8 Å². The minimum Gasteiger partial charge on any atom is -0.399 e. The fourth-order valence-corrected chi connectivity index (χ4v) is 3.01. The summed E-state index contributed by atoms with van der Waals surface area (Å²) in [5.74, 6) is -4.17. The second kappa shape index (κ2) is 3.47. The maximum Gasteiger partial charge on any atom is 0.258 e. The lowest BCUT2D eigenvalue weighted by molar-refractivity contribution is 0.0460. The minimum atomic E-state index is -2.58. The van der Waals surface area contributed by atoms with Gasteiger partial charge in [-0.25, -0.2) is 13.3 Å². The topological polar surface area (TPSA) is 63.6 Å². The van der Waals surface area contributed by atoms with Crippen molar-refractivity contribution >= 4 is 17.1 Å². The van der Waals surface area contributed by atoms with Gasteiger partial charge >= 0.3 is 0 Å². The van der Waals surface area contributed by atoms with E-state index in [4.69, 9.17) is 5.73 Å². The molecule has 1 amide bonds. The molecule has 3 heterocycles. The summed E-state index contributed by atoms with van der Waals surface area (Å²) in [6.07, 6.45) is 3.12. The third kappa shape index (κ3) is 1.40. The average molecular weight is 278 g/mol. The van der Waals surface area contributed by atoms with Crippen molar-refractivity contribution in [3.05, 3.63) is 30.1 Å². The fraction of sp³-hybridized carbons (Fsp3) is 0.385. The molecule has 0 aromatic carbocycles. The second-order valence-electron chi connectivity index (χ2n) is 5.45. The van der Waals surface area contributed by atoms with E-state index in [0.717, 1.165) is 0 Å². The molecule has 2 aromatic heterocycles. The summed E-state index contributed by atoms with van der Waals surface area (Å²) in [6.45, 7) is 0.242. The number of piperidine rings is 1. The van der Waals surface area contributed by atoms with Crippen molar-refractivity contribution in [3.8, 4) is 0 Å². The lowest BCUT2D eigenvalue weighted by Crippen LogP contribution is -2.33. The van der Waals surface area contributed by atoms with Gasteiger partial charge in [0, 0.05) is 25.0 Å². The predicted octanol–water partition coefficient (Wildman–Crippen LogP) is 1.25. The van der Waals surface area contributed by atoms with E-state index in [9.17, 15) is 13.6 Å². The summed E-state index contributed by atoms with van der Waals surface area (Å²) in [7, 11) is 0. The molecule has 2 unspecified atom stereocenters. The normalized spacial score (nSPS) is 26.8. The summed E-state index contributed by atoms with van der Waals surface area (Å²) in [4.78, 5) is 13.9. The first-order chi connectivity index (χ1) is 9.48. The number of anilines is 1. The summed E-state index contributed by atoms with van der Waals surface area (Å²) in [6, 6.07) is 3.34. The van der Waals surface area contributed by atoms with E-state index >= 15 is 0 Å². The molecule has 2 atom stereocenters. The number of carbonyl (C=O) groups excluding carboxylic acids is 1. The van der Waals surface area contributed by atoms with Crippen molar-refractivity contribution in [1.82, 2.24) is 14.5 Å². The third-order valence-electron chi connectivity index (χ3n) is 4.26. The van der Waals surface area contributed by atoms with Crippen LogP contribution in [-0.4, -0.2) is 39.4 Å². The average Bonchev–Trinajstić information content (AvgIpc) is 2.86. The summed E-state index contributed by atoms with van der Waals surface area (Å²) < 4.78 is 27.9. The van der Waals surface area contributed by atoms with Crippen LogP contribution in [0.25, 0.3) is 5.52 Å². The zero-order chi connectivity index (χ0) is 14.1. The number of likely N-dealkylation sites (tertiary alicyclic amines) is 1. The molecule has 1 aliphatic heterocycles. The van der Waals surface area contributed by atoms with Crippen molar-refractivity contribution in [3.63, 3.8) is 0 Å². The number of carbonyl (C=O) groups is 1. The SMILES string of the molecule is Nc1ccn2ncc(C(=O)N3CC4C(C3)C4(F)F)c2c1. The Morgan fingerprint density at radius 3 is 2.80 bits per heavy atom. The van der Waals surface area contributed by atoms with Gasteiger partial charge in [-0.15, -0.1) is 0 Å². The molecule has 2 aliphatic rings. The van der Waals surface area contributed by atoms with Crippen LogP contribution in [0, 0.1) is 11.8 Å². The van der Waals surface area contributed by atoms with Gasteiger partial charge < -0.3 is 10.6 Å². The zero-order valence-electron chi connectivity index (χ0n) is 10.5. The number of fused-ring (bicyclic) bond motifs is 2. The first-order valence-corrected chi connectivity index (χ1v) is 6.38. The number of aromatic nitrogens is 2. The van der Waals surface area contributed by atoms with Crippen molar-refractivity contribution in [2.75, 3.05) is 18.8 Å². The quantitative estimate of drug-likeness (QED) is 0.854. The number of amides is 1. The maximum atomic E-state index is 13.2. The molecule has 2 N–H and O–H groups in total. The molecular weight excluding hydrogens is 266 g/mol. The Morgan fingerprint density at radius 2 is 2.10 bits per heavy atom. The monoisotopic (exact) mass is 278 g/mol. The van der Waals surface area contributed by atoms with Gasteiger partial charge in [-0.2, -0.15) is 5.10 Å². The number of nitrogen functional groups attached to an aromatic ring is 1. The molecule has 7 heteroatoms. The fourth-order valence-electron chi connectivity index (χ4n) is 3.01. The van der Waals surface area contributed by atoms with E-state index < -0.39 is 17.8 Å². The highest BCUT2D eigenvalue weighted by Crippen LogP contribution is 2.59. The number of alkyl halides is 2. The summed E-state index contributed by atoms with van der Waals surface area (Å²) >= 11 is 0. The first kappa shape index (κ1) is 11.6. The van der Waals surface area contributed by atoms with Crippen molar-refractivity contribution in [1.29, 1.82) is 0 Å². The minimum absolute atomic E-state index is 0.121. The number of nitrogens with zero attached hydrogens (tertiary/aromatic N) is 3. The number of pyridine rings is 1. The number of hydrogen-bond acceptors (Lipinski definition) is 3. The number of hydrogen-bond donors (Lipinski definition) is 1. The Hall–Kier alpha value is -2.18. The Labute approximate surface area is 113 Å². The van der Waals surface area contributed by atoms with Crippen LogP contribution in [0.1, 0.15) is 10.4 Å². The van der Waals surface area contributed by atoms with E-state index in [1.54, 1.807) is 22.8 Å². The van der Waals surface area contributed by atoms with E-state index in [1.165, 1.54) is 11.1 Å². The van der Waals surface area contributed by atoms with Gasteiger partial charge in [-0.05, 0) is 12.1 Å².